The number of benzene rings is 1. The summed E-state index contributed by atoms with van der Waals surface area (Å²) in [6.07, 6.45) is 5.50. The van der Waals surface area contributed by atoms with E-state index in [9.17, 15) is 0 Å². The van der Waals surface area contributed by atoms with Gasteiger partial charge in [0, 0.05) is 0 Å². The van der Waals surface area contributed by atoms with E-state index >= 15 is 0 Å². The Labute approximate surface area is 136 Å². The molecule has 1 aliphatic rings. The second-order valence-electron chi connectivity index (χ2n) is 6.76. The minimum absolute atomic E-state index is 0.480. The van der Waals surface area contributed by atoms with Crippen LogP contribution >= 0.6 is 0 Å². The molecule has 124 valence electrons. The zero-order valence-corrected chi connectivity index (χ0v) is 14.9. The van der Waals surface area contributed by atoms with Crippen LogP contribution in [0.15, 0.2) is 18.2 Å². The summed E-state index contributed by atoms with van der Waals surface area (Å²) in [5.74, 6) is 2.15. The molecular weight excluding hydrogens is 272 g/mol. The predicted octanol–water partition coefficient (Wildman–Crippen LogP) is 5.66. The second kappa shape index (κ2) is 8.01. The highest BCUT2D eigenvalue weighted by atomic mass is 16.6. The highest BCUT2D eigenvalue weighted by Gasteiger charge is 2.38. The molecule has 0 saturated carbocycles. The Balaban J connectivity index is 2.13. The van der Waals surface area contributed by atoms with Gasteiger partial charge in [0.2, 0.25) is 0 Å². The summed E-state index contributed by atoms with van der Waals surface area (Å²) < 4.78 is 11.7. The average molecular weight is 304 g/mol. The molecule has 1 aromatic rings. The first-order chi connectivity index (χ1) is 10.6. The molecule has 1 aromatic carbocycles. The minimum atomic E-state index is 0.480. The molecule has 1 fully saturated rings. The van der Waals surface area contributed by atoms with Crippen LogP contribution < -0.4 is 4.74 Å². The van der Waals surface area contributed by atoms with Crippen LogP contribution in [0.1, 0.15) is 83.3 Å². The maximum absolute atomic E-state index is 5.92. The molecule has 3 unspecified atom stereocenters. The van der Waals surface area contributed by atoms with Gasteiger partial charge in [-0.2, -0.15) is 0 Å². The van der Waals surface area contributed by atoms with Gasteiger partial charge in [0.05, 0.1) is 18.8 Å². The standard InChI is InChI=1S/C20H32O2/c1-6-11-21-19-10-9-16(12-17(19)14(4)5)15(7-2)13-20-18(8-3)22-20/h9-10,12,14-15,18,20H,6-8,11,13H2,1-5H3. The van der Waals surface area contributed by atoms with Crippen molar-refractivity contribution in [1.29, 1.82) is 0 Å². The molecule has 22 heavy (non-hydrogen) atoms. The Hall–Kier alpha value is -1.02. The summed E-state index contributed by atoms with van der Waals surface area (Å²) in [6.45, 7) is 11.9. The molecule has 0 aromatic heterocycles. The van der Waals surface area contributed by atoms with Crippen molar-refractivity contribution in [1.82, 2.24) is 0 Å². The van der Waals surface area contributed by atoms with Crippen LogP contribution in [0.3, 0.4) is 0 Å². The number of ether oxygens (including phenoxy) is 2. The Kier molecular flexibility index (Phi) is 6.31. The second-order valence-corrected chi connectivity index (χ2v) is 6.76. The van der Waals surface area contributed by atoms with Crippen molar-refractivity contribution in [3.05, 3.63) is 29.3 Å². The third kappa shape index (κ3) is 4.25. The largest absolute Gasteiger partial charge is 0.493 e. The molecule has 0 radical (unpaired) electrons. The SMILES string of the molecule is CCCOc1ccc(C(CC)CC2OC2CC)cc1C(C)C. The third-order valence-electron chi connectivity index (χ3n) is 4.69. The topological polar surface area (TPSA) is 21.8 Å². The number of hydrogen-bond acceptors (Lipinski definition) is 2. The first-order valence-corrected chi connectivity index (χ1v) is 9.02. The molecular formula is C20H32O2. The van der Waals surface area contributed by atoms with Gasteiger partial charge in [0.1, 0.15) is 5.75 Å². The predicted molar refractivity (Wildman–Crippen MR) is 92.9 cm³/mol. The fraction of sp³-hybridized carbons (Fsp3) is 0.700. The maximum Gasteiger partial charge on any atom is 0.122 e. The normalized spacial score (nSPS) is 21.9. The summed E-state index contributed by atoms with van der Waals surface area (Å²) in [5.41, 5.74) is 2.79. The lowest BCUT2D eigenvalue weighted by molar-refractivity contribution is 0.312. The van der Waals surface area contributed by atoms with E-state index in [0.29, 0.717) is 24.0 Å². The van der Waals surface area contributed by atoms with Gasteiger partial charge in [-0.05, 0) is 54.7 Å². The van der Waals surface area contributed by atoms with Crippen LogP contribution in [0.4, 0.5) is 0 Å². The van der Waals surface area contributed by atoms with E-state index in [2.05, 4.69) is 52.8 Å². The van der Waals surface area contributed by atoms with Gasteiger partial charge < -0.3 is 9.47 Å². The summed E-state index contributed by atoms with van der Waals surface area (Å²) in [7, 11) is 0. The van der Waals surface area contributed by atoms with E-state index in [0.717, 1.165) is 31.6 Å². The van der Waals surface area contributed by atoms with Crippen LogP contribution in [-0.4, -0.2) is 18.8 Å². The van der Waals surface area contributed by atoms with Gasteiger partial charge in [0.15, 0.2) is 0 Å². The number of hydrogen-bond donors (Lipinski definition) is 0. The summed E-state index contributed by atoms with van der Waals surface area (Å²) in [5, 5.41) is 0. The zero-order chi connectivity index (χ0) is 16.1. The fourth-order valence-electron chi connectivity index (χ4n) is 3.18. The lowest BCUT2D eigenvalue weighted by Gasteiger charge is -2.19. The monoisotopic (exact) mass is 304 g/mol. The van der Waals surface area contributed by atoms with Crippen molar-refractivity contribution in [3.8, 4) is 5.75 Å². The molecule has 3 atom stereocenters. The van der Waals surface area contributed by atoms with Crippen molar-refractivity contribution < 1.29 is 9.47 Å². The highest BCUT2D eigenvalue weighted by molar-refractivity contribution is 5.40. The smallest absolute Gasteiger partial charge is 0.122 e. The fourth-order valence-corrected chi connectivity index (χ4v) is 3.18. The van der Waals surface area contributed by atoms with E-state index < -0.39 is 0 Å². The van der Waals surface area contributed by atoms with Crippen LogP contribution in [0.2, 0.25) is 0 Å². The van der Waals surface area contributed by atoms with E-state index in [4.69, 9.17) is 9.47 Å². The summed E-state index contributed by atoms with van der Waals surface area (Å²) in [4.78, 5) is 0. The van der Waals surface area contributed by atoms with Gasteiger partial charge in [-0.15, -0.1) is 0 Å². The molecule has 1 heterocycles. The molecule has 2 rings (SSSR count). The lowest BCUT2D eigenvalue weighted by Crippen LogP contribution is -2.06. The molecule has 0 N–H and O–H groups in total. The molecule has 0 spiro atoms. The van der Waals surface area contributed by atoms with Crippen LogP contribution in [0.5, 0.6) is 5.75 Å². The van der Waals surface area contributed by atoms with Crippen LogP contribution in [0.25, 0.3) is 0 Å². The third-order valence-corrected chi connectivity index (χ3v) is 4.69. The van der Waals surface area contributed by atoms with Crippen molar-refractivity contribution >= 4 is 0 Å². The Bertz CT molecular complexity index is 467. The van der Waals surface area contributed by atoms with E-state index in [1.54, 1.807) is 0 Å². The molecule has 0 aliphatic carbocycles. The van der Waals surface area contributed by atoms with Crippen molar-refractivity contribution in [3.63, 3.8) is 0 Å². The van der Waals surface area contributed by atoms with Crippen LogP contribution in [-0.2, 0) is 4.74 Å². The first kappa shape index (κ1) is 17.3. The van der Waals surface area contributed by atoms with Gasteiger partial charge in [-0.1, -0.05) is 46.8 Å². The Morgan fingerprint density at radius 1 is 1.14 bits per heavy atom. The molecule has 1 saturated heterocycles. The molecule has 0 amide bonds. The van der Waals surface area contributed by atoms with E-state index in [-0.39, 0.29) is 0 Å². The van der Waals surface area contributed by atoms with Crippen LogP contribution in [0, 0.1) is 0 Å². The van der Waals surface area contributed by atoms with Crippen molar-refractivity contribution in [2.75, 3.05) is 6.61 Å². The Morgan fingerprint density at radius 3 is 2.45 bits per heavy atom. The molecule has 2 nitrogen and oxygen atoms in total. The summed E-state index contributed by atoms with van der Waals surface area (Å²) >= 11 is 0. The van der Waals surface area contributed by atoms with E-state index in [1.165, 1.54) is 17.5 Å². The quantitative estimate of drug-likeness (QED) is 0.549. The molecule has 0 bridgehead atoms. The van der Waals surface area contributed by atoms with Gasteiger partial charge >= 0.3 is 0 Å². The Morgan fingerprint density at radius 2 is 1.91 bits per heavy atom. The summed E-state index contributed by atoms with van der Waals surface area (Å²) in [6, 6.07) is 6.80. The zero-order valence-electron chi connectivity index (χ0n) is 14.9. The number of rotatable bonds is 9. The molecule has 1 aliphatic heterocycles. The first-order valence-electron chi connectivity index (χ1n) is 9.02. The van der Waals surface area contributed by atoms with Gasteiger partial charge in [-0.25, -0.2) is 0 Å². The maximum atomic E-state index is 5.92. The van der Waals surface area contributed by atoms with E-state index in [1.807, 2.05) is 0 Å². The minimum Gasteiger partial charge on any atom is -0.493 e. The average Bonchev–Trinajstić information content (AvgIpc) is 3.28. The van der Waals surface area contributed by atoms with Crippen molar-refractivity contribution in [2.45, 2.75) is 84.3 Å². The lowest BCUT2D eigenvalue weighted by atomic mass is 9.88. The molecule has 2 heteroatoms. The highest BCUT2D eigenvalue weighted by Crippen LogP contribution is 2.38. The van der Waals surface area contributed by atoms with Gasteiger partial charge in [-0.3, -0.25) is 0 Å². The van der Waals surface area contributed by atoms with Crippen molar-refractivity contribution in [2.24, 2.45) is 0 Å². The number of epoxide rings is 1. The van der Waals surface area contributed by atoms with Gasteiger partial charge in [0.25, 0.3) is 0 Å².